The minimum atomic E-state index is -4.80. The standard InChI is InChI=1S/C21H18F3N3OS/c1-12(2)19-26-15(11-29-19)10-27-17(14-7-5-6-13(3)8-14)9-16(21(22,23)24)18(25-4)20(27)28/h5-9,11-12H,10H2,1-3H3. The van der Waals surface area contributed by atoms with Gasteiger partial charge in [-0.2, -0.15) is 13.2 Å². The second-order valence-corrected chi connectivity index (χ2v) is 7.88. The van der Waals surface area contributed by atoms with Crippen molar-refractivity contribution in [2.24, 2.45) is 0 Å². The molecule has 0 unspecified atom stereocenters. The van der Waals surface area contributed by atoms with E-state index in [9.17, 15) is 18.0 Å². The average molecular weight is 417 g/mol. The summed E-state index contributed by atoms with van der Waals surface area (Å²) in [5.74, 6) is 0.202. The smallest absolute Gasteiger partial charge is 0.311 e. The van der Waals surface area contributed by atoms with Crippen molar-refractivity contribution in [3.63, 3.8) is 0 Å². The van der Waals surface area contributed by atoms with Crippen molar-refractivity contribution in [3.8, 4) is 11.3 Å². The third-order valence-corrected chi connectivity index (χ3v) is 5.58. The van der Waals surface area contributed by atoms with Crippen LogP contribution < -0.4 is 5.56 Å². The molecule has 150 valence electrons. The van der Waals surface area contributed by atoms with Crippen molar-refractivity contribution in [2.75, 3.05) is 0 Å². The molecule has 0 aliphatic heterocycles. The van der Waals surface area contributed by atoms with Gasteiger partial charge in [-0.05, 0) is 24.6 Å². The molecule has 0 aliphatic carbocycles. The van der Waals surface area contributed by atoms with Crippen LogP contribution >= 0.6 is 11.3 Å². The summed E-state index contributed by atoms with van der Waals surface area (Å²) in [6, 6.07) is 7.79. The Morgan fingerprint density at radius 2 is 2.00 bits per heavy atom. The van der Waals surface area contributed by atoms with Crippen molar-refractivity contribution in [1.29, 1.82) is 0 Å². The number of halogens is 3. The van der Waals surface area contributed by atoms with Gasteiger partial charge in [0.2, 0.25) is 0 Å². The van der Waals surface area contributed by atoms with E-state index in [4.69, 9.17) is 6.57 Å². The highest BCUT2D eigenvalue weighted by atomic mass is 32.1. The molecule has 0 fully saturated rings. The van der Waals surface area contributed by atoms with Crippen molar-refractivity contribution in [1.82, 2.24) is 9.55 Å². The second-order valence-electron chi connectivity index (χ2n) is 6.99. The zero-order valence-corrected chi connectivity index (χ0v) is 16.9. The molecule has 0 saturated heterocycles. The first-order chi connectivity index (χ1) is 13.6. The molecule has 0 atom stereocenters. The molecule has 3 rings (SSSR count). The second kappa shape index (κ2) is 7.84. The van der Waals surface area contributed by atoms with Gasteiger partial charge in [-0.25, -0.2) is 9.83 Å². The van der Waals surface area contributed by atoms with Gasteiger partial charge in [-0.3, -0.25) is 4.79 Å². The van der Waals surface area contributed by atoms with Gasteiger partial charge in [-0.15, -0.1) is 11.3 Å². The van der Waals surface area contributed by atoms with Gasteiger partial charge in [0.1, 0.15) is 0 Å². The van der Waals surface area contributed by atoms with E-state index in [2.05, 4.69) is 9.83 Å². The lowest BCUT2D eigenvalue weighted by Crippen LogP contribution is -2.25. The van der Waals surface area contributed by atoms with Crippen LogP contribution in [0.5, 0.6) is 0 Å². The van der Waals surface area contributed by atoms with Crippen LogP contribution in [0.4, 0.5) is 18.9 Å². The van der Waals surface area contributed by atoms with Gasteiger partial charge in [0.05, 0.1) is 29.4 Å². The molecule has 8 heteroatoms. The van der Waals surface area contributed by atoms with Crippen LogP contribution in [0.15, 0.2) is 40.5 Å². The van der Waals surface area contributed by atoms with E-state index in [1.807, 2.05) is 26.8 Å². The molecule has 0 radical (unpaired) electrons. The number of aryl methyl sites for hydroxylation is 1. The highest BCUT2D eigenvalue weighted by Gasteiger charge is 2.36. The molecule has 0 saturated carbocycles. The van der Waals surface area contributed by atoms with Gasteiger partial charge in [-0.1, -0.05) is 37.6 Å². The molecule has 29 heavy (non-hydrogen) atoms. The lowest BCUT2D eigenvalue weighted by Gasteiger charge is -2.17. The van der Waals surface area contributed by atoms with E-state index in [1.54, 1.807) is 23.6 Å². The third-order valence-electron chi connectivity index (χ3n) is 4.39. The zero-order valence-electron chi connectivity index (χ0n) is 16.0. The third kappa shape index (κ3) is 4.25. The Morgan fingerprint density at radius 3 is 2.55 bits per heavy atom. The van der Waals surface area contributed by atoms with Crippen LogP contribution in [-0.4, -0.2) is 9.55 Å². The zero-order chi connectivity index (χ0) is 21.3. The van der Waals surface area contributed by atoms with E-state index in [0.29, 0.717) is 11.3 Å². The summed E-state index contributed by atoms with van der Waals surface area (Å²) in [5, 5.41) is 2.67. The minimum absolute atomic E-state index is 0.00795. The molecule has 0 bridgehead atoms. The topological polar surface area (TPSA) is 39.2 Å². The van der Waals surface area contributed by atoms with Crippen molar-refractivity contribution >= 4 is 17.0 Å². The Kier molecular flexibility index (Phi) is 5.62. The van der Waals surface area contributed by atoms with Crippen molar-refractivity contribution in [3.05, 3.63) is 79.3 Å². The molecular weight excluding hydrogens is 399 g/mol. The fourth-order valence-electron chi connectivity index (χ4n) is 2.98. The molecule has 1 aromatic carbocycles. The number of pyridine rings is 1. The summed E-state index contributed by atoms with van der Waals surface area (Å²) in [5.41, 5.74) is -1.10. The number of hydrogen-bond acceptors (Lipinski definition) is 3. The molecule has 2 heterocycles. The first-order valence-corrected chi connectivity index (χ1v) is 9.73. The molecule has 0 aliphatic rings. The molecule has 3 aromatic rings. The normalized spacial score (nSPS) is 11.7. The molecule has 4 nitrogen and oxygen atoms in total. The highest BCUT2D eigenvalue weighted by molar-refractivity contribution is 7.09. The van der Waals surface area contributed by atoms with Gasteiger partial charge >= 0.3 is 6.18 Å². The SMILES string of the molecule is [C-]#[N+]c1c(C(F)(F)F)cc(-c2cccc(C)c2)n(Cc2csc(C(C)C)n2)c1=O. The Labute approximate surface area is 170 Å². The summed E-state index contributed by atoms with van der Waals surface area (Å²) >= 11 is 1.44. The minimum Gasteiger partial charge on any atom is -0.311 e. The van der Waals surface area contributed by atoms with Crippen molar-refractivity contribution in [2.45, 2.75) is 39.4 Å². The lowest BCUT2D eigenvalue weighted by molar-refractivity contribution is -0.136. The van der Waals surface area contributed by atoms with Gasteiger partial charge in [0, 0.05) is 17.0 Å². The van der Waals surface area contributed by atoms with Crippen LogP contribution in [0.25, 0.3) is 16.1 Å². The Hall–Kier alpha value is -2.92. The van der Waals surface area contributed by atoms with Crippen LogP contribution in [-0.2, 0) is 12.7 Å². The van der Waals surface area contributed by atoms with E-state index in [0.717, 1.165) is 16.6 Å². The monoisotopic (exact) mass is 417 g/mol. The average Bonchev–Trinajstić information content (AvgIpc) is 3.11. The highest BCUT2D eigenvalue weighted by Crippen LogP contribution is 2.37. The summed E-state index contributed by atoms with van der Waals surface area (Å²) < 4.78 is 41.8. The van der Waals surface area contributed by atoms with Crippen LogP contribution in [0.3, 0.4) is 0 Å². The van der Waals surface area contributed by atoms with E-state index >= 15 is 0 Å². The number of thiazole rings is 1. The maximum Gasteiger partial charge on any atom is 0.407 e. The largest absolute Gasteiger partial charge is 0.407 e. The van der Waals surface area contributed by atoms with E-state index in [1.165, 1.54) is 15.9 Å². The molecular formula is C21H18F3N3OS. The van der Waals surface area contributed by atoms with E-state index in [-0.39, 0.29) is 18.2 Å². The van der Waals surface area contributed by atoms with E-state index < -0.39 is 23.0 Å². The molecule has 0 N–H and O–H groups in total. The predicted molar refractivity (Wildman–Crippen MR) is 107 cm³/mol. The summed E-state index contributed by atoms with van der Waals surface area (Å²) in [4.78, 5) is 20.3. The Bertz CT molecular complexity index is 1150. The van der Waals surface area contributed by atoms with Crippen LogP contribution in [0.1, 0.15) is 41.6 Å². The number of benzene rings is 1. The quantitative estimate of drug-likeness (QED) is 0.487. The summed E-state index contributed by atoms with van der Waals surface area (Å²) in [7, 11) is 0. The van der Waals surface area contributed by atoms with Gasteiger partial charge in [0.25, 0.3) is 11.2 Å². The maximum absolute atomic E-state index is 13.5. The number of aromatic nitrogens is 2. The maximum atomic E-state index is 13.5. The number of alkyl halides is 3. The van der Waals surface area contributed by atoms with Crippen LogP contribution in [0, 0.1) is 13.5 Å². The molecule has 0 spiro atoms. The van der Waals surface area contributed by atoms with Crippen LogP contribution in [0.2, 0.25) is 0 Å². The number of nitrogens with zero attached hydrogens (tertiary/aromatic N) is 3. The Morgan fingerprint density at radius 1 is 1.28 bits per heavy atom. The first-order valence-electron chi connectivity index (χ1n) is 8.85. The fourth-order valence-corrected chi connectivity index (χ4v) is 3.81. The number of rotatable bonds is 4. The Balaban J connectivity index is 2.27. The summed E-state index contributed by atoms with van der Waals surface area (Å²) in [6.45, 7) is 12.9. The molecule has 2 aromatic heterocycles. The fraction of sp³-hybridized carbons (Fsp3) is 0.286. The van der Waals surface area contributed by atoms with Gasteiger partial charge in [0.15, 0.2) is 0 Å². The summed E-state index contributed by atoms with van der Waals surface area (Å²) in [6.07, 6.45) is -4.80. The predicted octanol–water partition coefficient (Wildman–Crippen LogP) is 6.02. The number of hydrogen-bond donors (Lipinski definition) is 0. The van der Waals surface area contributed by atoms with Crippen molar-refractivity contribution < 1.29 is 13.2 Å². The van der Waals surface area contributed by atoms with Gasteiger partial charge < -0.3 is 4.57 Å². The molecule has 0 amide bonds. The first kappa shape index (κ1) is 20.8. The lowest BCUT2D eigenvalue weighted by atomic mass is 10.0.